The Kier molecular flexibility index (Phi) is 4.15. The Morgan fingerprint density at radius 3 is 2.16 bits per heavy atom. The molecule has 1 N–H and O–H groups in total. The number of aromatic carboxylic acids is 1. The Bertz CT molecular complexity index is 499. The van der Waals surface area contributed by atoms with E-state index in [1.54, 1.807) is 6.07 Å². The third-order valence-electron chi connectivity index (χ3n) is 4.00. The molecule has 0 aliphatic carbocycles. The van der Waals surface area contributed by atoms with E-state index in [1.165, 1.54) is 0 Å². The van der Waals surface area contributed by atoms with Gasteiger partial charge in [0.25, 0.3) is 8.32 Å². The van der Waals surface area contributed by atoms with Gasteiger partial charge in [-0.2, -0.15) is 0 Å². The van der Waals surface area contributed by atoms with Crippen molar-refractivity contribution in [2.45, 2.75) is 52.8 Å². The van der Waals surface area contributed by atoms with Gasteiger partial charge in [-0.25, -0.2) is 4.79 Å². The van der Waals surface area contributed by atoms with Crippen LogP contribution in [0.1, 0.15) is 42.3 Å². The van der Waals surface area contributed by atoms with E-state index < -0.39 is 14.3 Å². The van der Waals surface area contributed by atoms with Crippen LogP contribution in [0.5, 0.6) is 5.75 Å². The molecule has 0 aliphatic rings. The van der Waals surface area contributed by atoms with E-state index in [1.807, 2.05) is 19.9 Å². The largest absolute Gasteiger partial charge is 0.543 e. The molecule has 0 aliphatic heterocycles. The first-order valence-corrected chi connectivity index (χ1v) is 9.40. The molecule has 3 nitrogen and oxygen atoms in total. The summed E-state index contributed by atoms with van der Waals surface area (Å²) >= 11 is 0. The average molecular weight is 280 g/mol. The van der Waals surface area contributed by atoms with Crippen molar-refractivity contribution in [3.05, 3.63) is 28.8 Å². The van der Waals surface area contributed by atoms with Crippen LogP contribution in [0.25, 0.3) is 0 Å². The number of hydrogen-bond donors (Lipinski definition) is 1. The molecule has 106 valence electrons. The van der Waals surface area contributed by atoms with Gasteiger partial charge < -0.3 is 9.53 Å². The SMILES string of the molecule is Cc1ccc(C(=O)O)c(C)c1O[Si](C)(C)C(C)(C)C. The highest BCUT2D eigenvalue weighted by atomic mass is 28.4. The molecule has 0 bridgehead atoms. The average Bonchev–Trinajstić information content (AvgIpc) is 2.21. The third-order valence-corrected chi connectivity index (χ3v) is 8.32. The lowest BCUT2D eigenvalue weighted by Crippen LogP contribution is -2.44. The topological polar surface area (TPSA) is 46.5 Å². The second-order valence-corrected chi connectivity index (χ2v) is 11.3. The molecule has 1 aromatic rings. The van der Waals surface area contributed by atoms with Crippen LogP contribution in [-0.4, -0.2) is 19.4 Å². The molecule has 4 heteroatoms. The number of hydrogen-bond acceptors (Lipinski definition) is 2. The molecule has 0 saturated heterocycles. The second kappa shape index (κ2) is 5.00. The maximum absolute atomic E-state index is 11.2. The number of aryl methyl sites for hydroxylation is 1. The van der Waals surface area contributed by atoms with Crippen LogP contribution in [0.4, 0.5) is 0 Å². The molecule has 0 radical (unpaired) electrons. The van der Waals surface area contributed by atoms with Crippen molar-refractivity contribution in [3.8, 4) is 5.75 Å². The van der Waals surface area contributed by atoms with Gasteiger partial charge in [0.2, 0.25) is 0 Å². The zero-order valence-corrected chi connectivity index (χ0v) is 13.9. The number of rotatable bonds is 3. The van der Waals surface area contributed by atoms with Crippen molar-refractivity contribution < 1.29 is 14.3 Å². The van der Waals surface area contributed by atoms with Crippen LogP contribution in [0.3, 0.4) is 0 Å². The van der Waals surface area contributed by atoms with Gasteiger partial charge in [0.05, 0.1) is 5.56 Å². The minimum absolute atomic E-state index is 0.0884. The predicted octanol–water partition coefficient (Wildman–Crippen LogP) is 4.39. The summed E-state index contributed by atoms with van der Waals surface area (Å²) in [5.41, 5.74) is 2.03. The summed E-state index contributed by atoms with van der Waals surface area (Å²) in [5.74, 6) is -0.163. The fraction of sp³-hybridized carbons (Fsp3) is 0.533. The van der Waals surface area contributed by atoms with Crippen molar-refractivity contribution in [2.75, 3.05) is 0 Å². The van der Waals surface area contributed by atoms with Gasteiger partial charge in [-0.1, -0.05) is 26.8 Å². The molecule has 0 amide bonds. The monoisotopic (exact) mass is 280 g/mol. The van der Waals surface area contributed by atoms with Crippen molar-refractivity contribution in [1.82, 2.24) is 0 Å². The quantitative estimate of drug-likeness (QED) is 0.835. The zero-order chi connectivity index (χ0) is 15.0. The fourth-order valence-corrected chi connectivity index (χ4v) is 2.75. The molecule has 1 rings (SSSR count). The highest BCUT2D eigenvalue weighted by Gasteiger charge is 2.39. The number of carboxylic acid groups (broad SMARTS) is 1. The Hall–Kier alpha value is -1.29. The smallest absolute Gasteiger partial charge is 0.336 e. The maximum Gasteiger partial charge on any atom is 0.336 e. The Labute approximate surface area is 116 Å². The number of carbonyl (C=O) groups is 1. The number of benzene rings is 1. The van der Waals surface area contributed by atoms with Crippen molar-refractivity contribution >= 4 is 14.3 Å². The molecule has 0 atom stereocenters. The van der Waals surface area contributed by atoms with E-state index in [0.717, 1.165) is 16.9 Å². The van der Waals surface area contributed by atoms with Crippen LogP contribution in [0, 0.1) is 13.8 Å². The van der Waals surface area contributed by atoms with Crippen molar-refractivity contribution in [3.63, 3.8) is 0 Å². The molecule has 0 spiro atoms. The Balaban J connectivity index is 3.29. The van der Waals surface area contributed by atoms with Crippen LogP contribution < -0.4 is 4.43 Å². The lowest BCUT2D eigenvalue weighted by atomic mass is 10.0. The van der Waals surface area contributed by atoms with Crippen LogP contribution in [-0.2, 0) is 0 Å². The number of carboxylic acids is 1. The minimum atomic E-state index is -1.96. The summed E-state index contributed by atoms with van der Waals surface area (Å²) in [6, 6.07) is 3.46. The maximum atomic E-state index is 11.2. The van der Waals surface area contributed by atoms with Gasteiger partial charge in [-0.15, -0.1) is 0 Å². The lowest BCUT2D eigenvalue weighted by molar-refractivity contribution is 0.0695. The molecule has 1 aromatic carbocycles. The predicted molar refractivity (Wildman–Crippen MR) is 80.7 cm³/mol. The molecule has 19 heavy (non-hydrogen) atoms. The van der Waals surface area contributed by atoms with Crippen LogP contribution in [0.15, 0.2) is 12.1 Å². The van der Waals surface area contributed by atoms with E-state index in [0.29, 0.717) is 5.56 Å². The Morgan fingerprint density at radius 1 is 1.21 bits per heavy atom. The first kappa shape index (κ1) is 15.8. The van der Waals surface area contributed by atoms with Gasteiger partial charge >= 0.3 is 5.97 Å². The van der Waals surface area contributed by atoms with Crippen LogP contribution >= 0.6 is 0 Å². The summed E-state index contributed by atoms with van der Waals surface area (Å²) in [7, 11) is -1.96. The summed E-state index contributed by atoms with van der Waals surface area (Å²) in [6.07, 6.45) is 0. The first-order valence-electron chi connectivity index (χ1n) is 6.50. The molecule has 0 fully saturated rings. The summed E-state index contributed by atoms with van der Waals surface area (Å²) in [6.45, 7) is 14.6. The van der Waals surface area contributed by atoms with E-state index >= 15 is 0 Å². The standard InChI is InChI=1S/C15H24O3Si/c1-10-8-9-12(14(16)17)11(2)13(10)18-19(6,7)15(3,4)5/h8-9H,1-7H3,(H,16,17). The Morgan fingerprint density at radius 2 is 1.74 bits per heavy atom. The van der Waals surface area contributed by atoms with Gasteiger partial charge in [0.1, 0.15) is 5.75 Å². The molecular weight excluding hydrogens is 256 g/mol. The van der Waals surface area contributed by atoms with Gasteiger partial charge in [0.15, 0.2) is 0 Å². The summed E-state index contributed by atoms with van der Waals surface area (Å²) in [5, 5.41) is 9.28. The molecule has 0 aromatic heterocycles. The fourth-order valence-electron chi connectivity index (χ4n) is 1.62. The first-order chi connectivity index (χ1) is 8.47. The molecule has 0 heterocycles. The summed E-state index contributed by atoms with van der Waals surface area (Å²) < 4.78 is 6.29. The zero-order valence-electron chi connectivity index (χ0n) is 12.9. The van der Waals surface area contributed by atoms with Crippen molar-refractivity contribution in [1.29, 1.82) is 0 Å². The van der Waals surface area contributed by atoms with E-state index in [-0.39, 0.29) is 5.04 Å². The molecular formula is C15H24O3Si. The van der Waals surface area contributed by atoms with E-state index in [4.69, 9.17) is 4.43 Å². The van der Waals surface area contributed by atoms with Crippen molar-refractivity contribution in [2.24, 2.45) is 0 Å². The lowest BCUT2D eigenvalue weighted by Gasteiger charge is -2.37. The molecule has 0 unspecified atom stereocenters. The molecule has 0 saturated carbocycles. The second-order valence-electron chi connectivity index (χ2n) is 6.55. The van der Waals surface area contributed by atoms with Crippen LogP contribution in [0.2, 0.25) is 18.1 Å². The third kappa shape index (κ3) is 3.18. The minimum Gasteiger partial charge on any atom is -0.543 e. The van der Waals surface area contributed by atoms with E-state index in [2.05, 4.69) is 33.9 Å². The van der Waals surface area contributed by atoms with Gasteiger partial charge in [-0.05, 0) is 43.6 Å². The summed E-state index contributed by atoms with van der Waals surface area (Å²) in [4.78, 5) is 11.2. The highest BCUT2D eigenvalue weighted by Crippen LogP contribution is 2.39. The highest BCUT2D eigenvalue weighted by molar-refractivity contribution is 6.74. The van der Waals surface area contributed by atoms with Gasteiger partial charge in [-0.3, -0.25) is 0 Å². The normalized spacial score (nSPS) is 12.4. The van der Waals surface area contributed by atoms with Gasteiger partial charge in [0, 0.05) is 5.56 Å². The van der Waals surface area contributed by atoms with E-state index in [9.17, 15) is 9.90 Å².